The number of anilines is 1. The second-order valence-corrected chi connectivity index (χ2v) is 8.36. The fourth-order valence-electron chi connectivity index (χ4n) is 3.79. The van der Waals surface area contributed by atoms with Gasteiger partial charge in [0.05, 0.1) is 12.2 Å². The van der Waals surface area contributed by atoms with Gasteiger partial charge >= 0.3 is 5.97 Å². The van der Waals surface area contributed by atoms with Crippen LogP contribution in [0.25, 0.3) is 0 Å². The maximum atomic E-state index is 13.0. The summed E-state index contributed by atoms with van der Waals surface area (Å²) in [5.74, 6) is 0.841. The number of nitrogens with one attached hydrogen (secondary N) is 1. The molecule has 3 aromatic rings. The molecular formula is C24H24Cl2N4O3. The van der Waals surface area contributed by atoms with E-state index < -0.39 is 6.04 Å². The minimum Gasteiger partial charge on any atom is -0.489 e. The molecule has 0 unspecified atom stereocenters. The van der Waals surface area contributed by atoms with E-state index in [2.05, 4.69) is 22.3 Å². The number of fused-ring (bicyclic) bond motifs is 1. The predicted molar refractivity (Wildman–Crippen MR) is 128 cm³/mol. The van der Waals surface area contributed by atoms with Crippen molar-refractivity contribution in [1.29, 1.82) is 0 Å². The molecule has 1 atom stereocenters. The number of halogens is 2. The molecule has 9 heteroatoms. The Kier molecular flexibility index (Phi) is 7.20. The van der Waals surface area contributed by atoms with Gasteiger partial charge in [0.2, 0.25) is 5.95 Å². The summed E-state index contributed by atoms with van der Waals surface area (Å²) in [5.41, 5.74) is 2.97. The third-order valence-electron chi connectivity index (χ3n) is 5.26. The number of carbonyl (C=O) groups excluding carboxylic acids is 1. The van der Waals surface area contributed by atoms with Gasteiger partial charge in [0.1, 0.15) is 24.7 Å². The number of carbonyl (C=O) groups is 1. The molecular weight excluding hydrogens is 463 g/mol. The van der Waals surface area contributed by atoms with Crippen molar-refractivity contribution in [3.63, 3.8) is 0 Å². The average Bonchev–Trinajstić information content (AvgIpc) is 3.26. The largest absolute Gasteiger partial charge is 0.489 e. The number of allylic oxidation sites excluding steroid dienone is 1. The molecule has 0 bridgehead atoms. The van der Waals surface area contributed by atoms with Crippen LogP contribution in [-0.2, 0) is 16.1 Å². The zero-order valence-corrected chi connectivity index (χ0v) is 19.9. The van der Waals surface area contributed by atoms with Gasteiger partial charge in [-0.25, -0.2) is 9.48 Å². The van der Waals surface area contributed by atoms with Crippen molar-refractivity contribution in [3.8, 4) is 5.75 Å². The fraction of sp³-hybridized carbons (Fsp3) is 0.292. The number of ether oxygens (including phenoxy) is 2. The monoisotopic (exact) mass is 486 g/mol. The van der Waals surface area contributed by atoms with Crippen molar-refractivity contribution in [1.82, 2.24) is 14.8 Å². The molecule has 0 spiro atoms. The molecule has 2 heterocycles. The molecule has 2 aromatic carbocycles. The topological polar surface area (TPSA) is 78.3 Å². The van der Waals surface area contributed by atoms with Gasteiger partial charge in [0, 0.05) is 21.3 Å². The minimum atomic E-state index is -0.494. The van der Waals surface area contributed by atoms with Crippen LogP contribution in [0.5, 0.6) is 5.75 Å². The van der Waals surface area contributed by atoms with Crippen LogP contribution in [0.1, 0.15) is 43.9 Å². The number of rotatable bonds is 8. The number of nitrogens with zero attached hydrogens (tertiary/aromatic N) is 3. The highest BCUT2D eigenvalue weighted by Gasteiger charge is 2.35. The second kappa shape index (κ2) is 10.3. The molecule has 0 aliphatic carbocycles. The highest BCUT2D eigenvalue weighted by Crippen LogP contribution is 2.37. The first kappa shape index (κ1) is 23.1. The number of hydrogen-bond donors (Lipinski definition) is 1. The summed E-state index contributed by atoms with van der Waals surface area (Å²) in [6, 6.07) is 12.4. The van der Waals surface area contributed by atoms with Crippen molar-refractivity contribution in [2.24, 2.45) is 0 Å². The molecule has 0 fully saturated rings. The molecule has 1 aliphatic rings. The zero-order chi connectivity index (χ0) is 23.4. The summed E-state index contributed by atoms with van der Waals surface area (Å²) in [6.45, 7) is 4.41. The SMILES string of the molecule is CCCC1=C(C(=O)OCC)[C@@H](c2cccc(OCc3ccc(Cl)cc3Cl)c2)n2ncnc2N1. The van der Waals surface area contributed by atoms with E-state index in [1.165, 1.54) is 6.33 Å². The van der Waals surface area contributed by atoms with Crippen molar-refractivity contribution < 1.29 is 14.3 Å². The Balaban J connectivity index is 1.69. The van der Waals surface area contributed by atoms with E-state index >= 15 is 0 Å². The van der Waals surface area contributed by atoms with Crippen LogP contribution in [0, 0.1) is 0 Å². The Morgan fingerprint density at radius 1 is 1.18 bits per heavy atom. The smallest absolute Gasteiger partial charge is 0.338 e. The summed E-state index contributed by atoms with van der Waals surface area (Å²) in [7, 11) is 0. The van der Waals surface area contributed by atoms with Gasteiger partial charge in [-0.3, -0.25) is 0 Å². The normalized spacial score (nSPS) is 15.1. The van der Waals surface area contributed by atoms with Crippen LogP contribution < -0.4 is 10.1 Å². The standard InChI is InChI=1S/C24H24Cl2N4O3/c1-3-6-20-21(23(31)32-4-2)22(30-24(29-20)27-14-28-30)15-7-5-8-18(11-15)33-13-16-9-10-17(25)12-19(16)26/h5,7-12,14,22H,3-4,6,13H2,1-2H3,(H,27,28,29)/t22-/m1/s1. The molecule has 0 saturated carbocycles. The van der Waals surface area contributed by atoms with Crippen LogP contribution >= 0.6 is 23.2 Å². The molecule has 0 radical (unpaired) electrons. The van der Waals surface area contributed by atoms with Gasteiger partial charge in [0.15, 0.2) is 0 Å². The third-order valence-corrected chi connectivity index (χ3v) is 5.84. The van der Waals surface area contributed by atoms with Crippen molar-refractivity contribution in [2.75, 3.05) is 11.9 Å². The third kappa shape index (κ3) is 4.99. The van der Waals surface area contributed by atoms with Crippen LogP contribution in [-0.4, -0.2) is 27.3 Å². The van der Waals surface area contributed by atoms with E-state index in [1.807, 2.05) is 30.3 Å². The van der Waals surface area contributed by atoms with Crippen molar-refractivity contribution >= 4 is 35.1 Å². The molecule has 1 N–H and O–H groups in total. The Labute approximate surface area is 202 Å². The lowest BCUT2D eigenvalue weighted by molar-refractivity contribution is -0.139. The molecule has 7 nitrogen and oxygen atoms in total. The number of aromatic nitrogens is 3. The van der Waals surface area contributed by atoms with E-state index in [-0.39, 0.29) is 19.2 Å². The van der Waals surface area contributed by atoms with Crippen molar-refractivity contribution in [3.05, 3.63) is 81.2 Å². The zero-order valence-electron chi connectivity index (χ0n) is 18.3. The molecule has 0 amide bonds. The summed E-state index contributed by atoms with van der Waals surface area (Å²) in [4.78, 5) is 17.3. The summed E-state index contributed by atoms with van der Waals surface area (Å²) in [6.07, 6.45) is 3.01. The highest BCUT2D eigenvalue weighted by molar-refractivity contribution is 6.35. The summed E-state index contributed by atoms with van der Waals surface area (Å²) in [5, 5.41) is 8.74. The van der Waals surface area contributed by atoms with Gasteiger partial charge in [-0.15, -0.1) is 0 Å². The predicted octanol–water partition coefficient (Wildman–Crippen LogP) is 5.80. The lowest BCUT2D eigenvalue weighted by Crippen LogP contribution is -2.30. The first-order chi connectivity index (χ1) is 16.0. The highest BCUT2D eigenvalue weighted by atomic mass is 35.5. The van der Waals surface area contributed by atoms with E-state index in [1.54, 1.807) is 23.7 Å². The first-order valence-electron chi connectivity index (χ1n) is 10.7. The Morgan fingerprint density at radius 2 is 2.03 bits per heavy atom. The van der Waals surface area contributed by atoms with Crippen molar-refractivity contribution in [2.45, 2.75) is 39.3 Å². The van der Waals surface area contributed by atoms with Gasteiger partial charge < -0.3 is 14.8 Å². The van der Waals surface area contributed by atoms with Gasteiger partial charge in [-0.05, 0) is 43.2 Å². The number of esters is 1. The Hall–Kier alpha value is -3.03. The number of hydrogen-bond acceptors (Lipinski definition) is 6. The Bertz CT molecular complexity index is 1190. The van der Waals surface area contributed by atoms with Crippen LogP contribution in [0.15, 0.2) is 60.1 Å². The van der Waals surface area contributed by atoms with E-state index in [0.717, 1.165) is 23.2 Å². The molecule has 1 aliphatic heterocycles. The maximum Gasteiger partial charge on any atom is 0.338 e. The molecule has 1 aromatic heterocycles. The number of benzene rings is 2. The first-order valence-corrected chi connectivity index (χ1v) is 11.5. The summed E-state index contributed by atoms with van der Waals surface area (Å²) < 4.78 is 13.1. The van der Waals surface area contributed by atoms with Crippen LogP contribution in [0.4, 0.5) is 5.95 Å². The van der Waals surface area contributed by atoms with Crippen LogP contribution in [0.3, 0.4) is 0 Å². The van der Waals surface area contributed by atoms with E-state index in [4.69, 9.17) is 32.7 Å². The lowest BCUT2D eigenvalue weighted by Gasteiger charge is -2.29. The minimum absolute atomic E-state index is 0.280. The molecule has 4 rings (SSSR count). The maximum absolute atomic E-state index is 13.0. The average molecular weight is 487 g/mol. The van der Waals surface area contributed by atoms with E-state index in [0.29, 0.717) is 33.7 Å². The van der Waals surface area contributed by atoms with Gasteiger partial charge in [-0.2, -0.15) is 10.1 Å². The van der Waals surface area contributed by atoms with Crippen LogP contribution in [0.2, 0.25) is 10.0 Å². The quantitative estimate of drug-likeness (QED) is 0.405. The molecule has 172 valence electrons. The summed E-state index contributed by atoms with van der Waals surface area (Å²) >= 11 is 12.3. The lowest BCUT2D eigenvalue weighted by atomic mass is 9.94. The van der Waals surface area contributed by atoms with E-state index in [9.17, 15) is 4.79 Å². The van der Waals surface area contributed by atoms with Gasteiger partial charge in [0.25, 0.3) is 0 Å². The Morgan fingerprint density at radius 3 is 2.79 bits per heavy atom. The fourth-order valence-corrected chi connectivity index (χ4v) is 4.25. The second-order valence-electron chi connectivity index (χ2n) is 7.52. The molecule has 0 saturated heterocycles. The molecule has 33 heavy (non-hydrogen) atoms. The van der Waals surface area contributed by atoms with Gasteiger partial charge in [-0.1, -0.05) is 54.7 Å².